The topological polar surface area (TPSA) is 58.2 Å². The number of rotatable bonds is 6. The van der Waals surface area contributed by atoms with Crippen molar-refractivity contribution < 1.29 is 75.2 Å². The first kappa shape index (κ1) is 41.1. The van der Waals surface area contributed by atoms with Crippen molar-refractivity contribution in [1.82, 2.24) is 10.6 Å². The van der Waals surface area contributed by atoms with Crippen molar-refractivity contribution in [2.45, 2.75) is 25.2 Å². The van der Waals surface area contributed by atoms with E-state index in [1.807, 2.05) is 60.7 Å². The first-order valence-electron chi connectivity index (χ1n) is 12.4. The van der Waals surface area contributed by atoms with Crippen LogP contribution in [0.15, 0.2) is 84.9 Å². The Bertz CT molecular complexity index is 1230. The molecule has 0 aromatic heterocycles. The van der Waals surface area contributed by atoms with E-state index >= 15 is 0 Å². The molecule has 4 aromatic carbocycles. The van der Waals surface area contributed by atoms with Gasteiger partial charge in [-0.3, -0.25) is 9.59 Å². The number of hydrogen-bond acceptors (Lipinski definition) is 2. The maximum absolute atomic E-state index is 13.0. The summed E-state index contributed by atoms with van der Waals surface area (Å²) in [7, 11) is 0. The van der Waals surface area contributed by atoms with E-state index in [1.165, 1.54) is 0 Å². The Morgan fingerprint density at radius 1 is 0.600 bits per heavy atom. The minimum Gasteiger partial charge on any atom is -0.349 e. The standard InChI is InChI=1S/2C10H7F5NO.2C5H5.Ti/c2*11-7-2-1-6(8(12)5-7)3-4-16-9(17)10(13,14)15;2*1-2-4-5-3-1;/h2*1-2H,3-4H2,(H,16,17);2*1-5H;/q4*-1;+4. The van der Waals surface area contributed by atoms with Gasteiger partial charge in [-0.05, 0) is 0 Å². The van der Waals surface area contributed by atoms with Crippen molar-refractivity contribution in [2.75, 3.05) is 13.1 Å². The van der Waals surface area contributed by atoms with Crippen molar-refractivity contribution >= 4 is 11.8 Å². The number of alkyl halides is 6. The van der Waals surface area contributed by atoms with Crippen molar-refractivity contribution in [3.05, 3.63) is 131 Å². The van der Waals surface area contributed by atoms with E-state index < -0.39 is 60.5 Å². The first-order valence-corrected chi connectivity index (χ1v) is 12.4. The number of amides is 2. The molecule has 15 heteroatoms. The molecule has 2 amide bonds. The van der Waals surface area contributed by atoms with Crippen LogP contribution in [0.5, 0.6) is 0 Å². The summed E-state index contributed by atoms with van der Waals surface area (Å²) >= 11 is 0. The smallest absolute Gasteiger partial charge is 0.349 e. The fourth-order valence-electron chi connectivity index (χ4n) is 2.80. The molecule has 0 atom stereocenters. The second kappa shape index (κ2) is 20.9. The number of halogens is 10. The molecule has 0 heterocycles. The Balaban J connectivity index is 0.000000644. The summed E-state index contributed by atoms with van der Waals surface area (Å²) in [5.41, 5.74) is -0.0391. The summed E-state index contributed by atoms with van der Waals surface area (Å²) in [4.78, 5) is 20.8. The maximum atomic E-state index is 13.0. The van der Waals surface area contributed by atoms with E-state index in [0.29, 0.717) is 0 Å². The fraction of sp³-hybridized carbons (Fsp3) is 0.200. The molecular formula is C30H24F10N2O2Ti. The summed E-state index contributed by atoms with van der Waals surface area (Å²) in [6, 6.07) is 27.5. The molecule has 0 unspecified atom stereocenters. The Hall–Kier alpha value is -3.91. The van der Waals surface area contributed by atoms with Crippen LogP contribution in [0.25, 0.3) is 0 Å². The van der Waals surface area contributed by atoms with Crippen LogP contribution in [0.1, 0.15) is 11.1 Å². The Morgan fingerprint density at radius 2 is 0.911 bits per heavy atom. The molecular weight excluding hydrogens is 658 g/mol. The molecule has 240 valence electrons. The summed E-state index contributed by atoms with van der Waals surface area (Å²) in [5.74, 6) is -7.94. The predicted molar refractivity (Wildman–Crippen MR) is 140 cm³/mol. The molecule has 0 radical (unpaired) electrons. The van der Waals surface area contributed by atoms with Crippen molar-refractivity contribution in [3.8, 4) is 0 Å². The van der Waals surface area contributed by atoms with Crippen LogP contribution in [0.2, 0.25) is 0 Å². The fourth-order valence-corrected chi connectivity index (χ4v) is 2.80. The zero-order valence-electron chi connectivity index (χ0n) is 23.0. The molecule has 0 fully saturated rings. The quantitative estimate of drug-likeness (QED) is 0.134. The molecule has 0 saturated heterocycles. The molecule has 0 aliphatic carbocycles. The summed E-state index contributed by atoms with van der Waals surface area (Å²) in [6.07, 6.45) is -10.3. The Labute approximate surface area is 267 Å². The third-order valence-electron chi connectivity index (χ3n) is 4.87. The van der Waals surface area contributed by atoms with Crippen molar-refractivity contribution in [3.63, 3.8) is 0 Å². The average molecular weight is 682 g/mol. The van der Waals surface area contributed by atoms with Crippen molar-refractivity contribution in [2.24, 2.45) is 0 Å². The minimum atomic E-state index is -4.96. The molecule has 4 nitrogen and oxygen atoms in total. The van der Waals surface area contributed by atoms with E-state index in [0.717, 1.165) is 24.3 Å². The number of benzene rings is 2. The second-order valence-electron chi connectivity index (χ2n) is 8.22. The number of hydrogen-bond donors (Lipinski definition) is 2. The van der Waals surface area contributed by atoms with E-state index in [1.54, 1.807) is 22.8 Å². The van der Waals surface area contributed by atoms with E-state index in [-0.39, 0.29) is 45.7 Å². The summed E-state index contributed by atoms with van der Waals surface area (Å²) in [5, 5.41) is 3.15. The molecule has 0 saturated carbocycles. The van der Waals surface area contributed by atoms with E-state index in [4.69, 9.17) is 0 Å². The van der Waals surface area contributed by atoms with E-state index in [2.05, 4.69) is 0 Å². The van der Waals surface area contributed by atoms with Gasteiger partial charge in [-0.1, -0.05) is 12.8 Å². The monoisotopic (exact) mass is 682 g/mol. The molecule has 0 aliphatic rings. The summed E-state index contributed by atoms with van der Waals surface area (Å²) in [6.45, 7) is -0.788. The molecule has 0 aliphatic heterocycles. The molecule has 0 spiro atoms. The predicted octanol–water partition coefficient (Wildman–Crippen LogP) is 6.78. The molecule has 2 N–H and O–H groups in total. The molecule has 0 bridgehead atoms. The Morgan fingerprint density at radius 3 is 1.13 bits per heavy atom. The normalized spacial score (nSPS) is 10.4. The largest absolute Gasteiger partial charge is 4.00 e. The van der Waals surface area contributed by atoms with E-state index in [9.17, 15) is 53.5 Å². The van der Waals surface area contributed by atoms with Gasteiger partial charge in [0.2, 0.25) is 0 Å². The minimum absolute atomic E-state index is 0. The van der Waals surface area contributed by atoms with Gasteiger partial charge in [0.1, 0.15) is 0 Å². The number of carbonyl (C=O) groups is 2. The van der Waals surface area contributed by atoms with Crippen LogP contribution in [0.3, 0.4) is 0 Å². The van der Waals surface area contributed by atoms with Gasteiger partial charge in [0, 0.05) is 36.4 Å². The van der Waals surface area contributed by atoms with Gasteiger partial charge in [-0.25, -0.2) is 41.8 Å². The van der Waals surface area contributed by atoms with Crippen LogP contribution < -0.4 is 10.6 Å². The maximum Gasteiger partial charge on any atom is 4.00 e. The molecule has 45 heavy (non-hydrogen) atoms. The van der Waals surface area contributed by atoms with Gasteiger partial charge in [-0.2, -0.15) is 74.9 Å². The third kappa shape index (κ3) is 18.5. The van der Waals surface area contributed by atoms with Crippen LogP contribution in [0, 0.1) is 35.4 Å². The Kier molecular flexibility index (Phi) is 19.1. The van der Waals surface area contributed by atoms with Crippen LogP contribution >= 0.6 is 0 Å². The van der Waals surface area contributed by atoms with Crippen LogP contribution in [-0.2, 0) is 44.1 Å². The molecule has 4 rings (SSSR count). The summed E-state index contributed by atoms with van der Waals surface area (Å²) < 4.78 is 121. The first-order chi connectivity index (χ1) is 20.6. The van der Waals surface area contributed by atoms with Gasteiger partial charge < -0.3 is 10.6 Å². The molecule has 4 aromatic rings. The SMILES string of the molecule is O=C(NCCc1ccc(F)[c-]c1F)C(F)(F)F.O=C(NCCc1ccc(F)[c-]c1F)C(F)(F)F.[Ti+4].c1cc[cH-]c1.c1cc[cH-]c1. The van der Waals surface area contributed by atoms with Crippen LogP contribution in [-0.4, -0.2) is 37.3 Å². The average Bonchev–Trinajstić information content (AvgIpc) is 3.70. The third-order valence-corrected chi connectivity index (χ3v) is 4.87. The van der Waals surface area contributed by atoms with Crippen molar-refractivity contribution in [1.29, 1.82) is 0 Å². The van der Waals surface area contributed by atoms with Crippen LogP contribution in [0.4, 0.5) is 43.9 Å². The number of nitrogens with one attached hydrogen (secondary N) is 2. The second-order valence-corrected chi connectivity index (χ2v) is 8.22. The number of carbonyl (C=O) groups excluding carboxylic acids is 2. The van der Waals surface area contributed by atoms with Gasteiger partial charge >= 0.3 is 45.9 Å². The van der Waals surface area contributed by atoms with Gasteiger partial charge in [0.25, 0.3) is 0 Å². The zero-order valence-corrected chi connectivity index (χ0v) is 24.6. The van der Waals surface area contributed by atoms with Gasteiger partial charge in [0.05, 0.1) is 0 Å². The van der Waals surface area contributed by atoms with Gasteiger partial charge in [-0.15, -0.1) is 35.4 Å². The zero-order chi connectivity index (χ0) is 33.2. The van der Waals surface area contributed by atoms with Gasteiger partial charge in [0.15, 0.2) is 0 Å².